The molecule has 1 atom stereocenters. The van der Waals surface area contributed by atoms with Gasteiger partial charge in [-0.05, 0) is 37.5 Å². The number of hydrogen-bond acceptors (Lipinski definition) is 2. The van der Waals surface area contributed by atoms with Gasteiger partial charge in [-0.25, -0.2) is 0 Å². The Bertz CT molecular complexity index is 652. The van der Waals surface area contributed by atoms with Crippen LogP contribution in [0.5, 0.6) is 0 Å². The van der Waals surface area contributed by atoms with Gasteiger partial charge in [0.25, 0.3) is 0 Å². The van der Waals surface area contributed by atoms with Crippen molar-refractivity contribution in [1.29, 1.82) is 0 Å². The Labute approximate surface area is 129 Å². The van der Waals surface area contributed by atoms with Gasteiger partial charge < -0.3 is 0 Å². The van der Waals surface area contributed by atoms with E-state index >= 15 is 0 Å². The molecule has 0 N–H and O–H groups in total. The number of halogens is 1. The number of hydrogen-bond donors (Lipinski definition) is 0. The zero-order chi connectivity index (χ0) is 15.0. The molecule has 108 valence electrons. The summed E-state index contributed by atoms with van der Waals surface area (Å²) in [5, 5.41) is 0.617. The first-order chi connectivity index (χ1) is 10.0. The number of likely N-dealkylation sites (tertiary alicyclic amines) is 1. The van der Waals surface area contributed by atoms with Crippen molar-refractivity contribution in [3.8, 4) is 11.8 Å². The van der Waals surface area contributed by atoms with Crippen LogP contribution in [-0.2, 0) is 15.0 Å². The van der Waals surface area contributed by atoms with E-state index in [0.717, 1.165) is 18.4 Å². The van der Waals surface area contributed by atoms with Gasteiger partial charge in [0, 0.05) is 17.4 Å². The maximum atomic E-state index is 12.6. The molecule has 2 amide bonds. The van der Waals surface area contributed by atoms with Crippen molar-refractivity contribution in [3.63, 3.8) is 0 Å². The molecular formula is C17H16ClNO2. The maximum absolute atomic E-state index is 12.6. The molecule has 4 heteroatoms. The second-order valence-electron chi connectivity index (χ2n) is 5.90. The molecule has 0 radical (unpaired) electrons. The lowest BCUT2D eigenvalue weighted by molar-refractivity contribution is -0.138. The van der Waals surface area contributed by atoms with Crippen LogP contribution in [-0.4, -0.2) is 23.3 Å². The summed E-state index contributed by atoms with van der Waals surface area (Å²) in [6.45, 7) is 2.02. The third kappa shape index (κ3) is 2.69. The van der Waals surface area contributed by atoms with E-state index in [0.29, 0.717) is 10.9 Å². The van der Waals surface area contributed by atoms with Crippen LogP contribution in [0, 0.1) is 17.8 Å². The Hall–Kier alpha value is -1.79. The van der Waals surface area contributed by atoms with E-state index < -0.39 is 5.41 Å². The third-order valence-electron chi connectivity index (χ3n) is 4.13. The highest BCUT2D eigenvalue weighted by Gasteiger charge is 2.48. The summed E-state index contributed by atoms with van der Waals surface area (Å²) in [5.41, 5.74) is 0.0195. The summed E-state index contributed by atoms with van der Waals surface area (Å²) in [7, 11) is 0. The molecule has 1 aliphatic heterocycles. The molecule has 3 rings (SSSR count). The van der Waals surface area contributed by atoms with E-state index in [9.17, 15) is 9.59 Å². The summed E-state index contributed by atoms with van der Waals surface area (Å²) >= 11 is 5.88. The fourth-order valence-corrected chi connectivity index (χ4v) is 2.71. The zero-order valence-corrected chi connectivity index (χ0v) is 12.6. The van der Waals surface area contributed by atoms with Crippen molar-refractivity contribution in [1.82, 2.24) is 4.90 Å². The van der Waals surface area contributed by atoms with Gasteiger partial charge in [0.15, 0.2) is 0 Å². The van der Waals surface area contributed by atoms with Crippen LogP contribution in [0.1, 0.15) is 31.7 Å². The quantitative estimate of drug-likeness (QED) is 0.622. The first-order valence-corrected chi connectivity index (χ1v) is 7.48. The highest BCUT2D eigenvalue weighted by atomic mass is 35.5. The van der Waals surface area contributed by atoms with Crippen molar-refractivity contribution in [3.05, 3.63) is 34.9 Å². The summed E-state index contributed by atoms with van der Waals surface area (Å²) in [6.07, 6.45) is 2.47. The van der Waals surface area contributed by atoms with E-state index in [2.05, 4.69) is 11.8 Å². The van der Waals surface area contributed by atoms with Crippen molar-refractivity contribution in [2.45, 2.75) is 31.6 Å². The number of amides is 2. The minimum absolute atomic E-state index is 0.150. The molecule has 2 aliphatic rings. The smallest absolute Gasteiger partial charge is 0.240 e. The third-order valence-corrected chi connectivity index (χ3v) is 4.38. The predicted octanol–water partition coefficient (Wildman–Crippen LogP) is 2.77. The maximum Gasteiger partial charge on any atom is 0.240 e. The minimum Gasteiger partial charge on any atom is -0.274 e. The number of rotatable bonds is 2. The molecule has 1 saturated heterocycles. The van der Waals surface area contributed by atoms with Gasteiger partial charge in [-0.2, -0.15) is 0 Å². The topological polar surface area (TPSA) is 37.4 Å². The summed E-state index contributed by atoms with van der Waals surface area (Å²) in [6, 6.07) is 7.12. The lowest BCUT2D eigenvalue weighted by atomic mass is 9.81. The average molecular weight is 302 g/mol. The van der Waals surface area contributed by atoms with Crippen LogP contribution in [0.3, 0.4) is 0 Å². The normalized spacial score (nSPS) is 25.0. The van der Waals surface area contributed by atoms with Gasteiger partial charge in [-0.1, -0.05) is 35.6 Å². The molecule has 1 aliphatic carbocycles. The molecule has 1 aromatic rings. The zero-order valence-electron chi connectivity index (χ0n) is 11.9. The Balaban J connectivity index is 1.81. The molecule has 0 spiro atoms. The van der Waals surface area contributed by atoms with Gasteiger partial charge in [-0.15, -0.1) is 0 Å². The highest BCUT2D eigenvalue weighted by Crippen LogP contribution is 2.36. The van der Waals surface area contributed by atoms with Gasteiger partial charge in [0.1, 0.15) is 0 Å². The van der Waals surface area contributed by atoms with E-state index in [1.165, 1.54) is 4.90 Å². The van der Waals surface area contributed by atoms with Crippen molar-refractivity contribution in [2.75, 3.05) is 6.54 Å². The Morgan fingerprint density at radius 1 is 1.29 bits per heavy atom. The molecule has 21 heavy (non-hydrogen) atoms. The first-order valence-electron chi connectivity index (χ1n) is 7.10. The lowest BCUT2D eigenvalue weighted by Gasteiger charge is -2.22. The SMILES string of the molecule is CC1(c2ccc(Cl)cc2)CC(=O)N(CC#CC2CC2)C1=O. The molecule has 0 bridgehead atoms. The molecule has 0 aromatic heterocycles. The van der Waals surface area contributed by atoms with Crippen molar-refractivity contribution in [2.24, 2.45) is 5.92 Å². The average Bonchev–Trinajstić information content (AvgIpc) is 3.23. The van der Waals surface area contributed by atoms with Gasteiger partial charge in [-0.3, -0.25) is 14.5 Å². The predicted molar refractivity (Wildman–Crippen MR) is 80.6 cm³/mol. The molecule has 1 aromatic carbocycles. The summed E-state index contributed by atoms with van der Waals surface area (Å²) in [5.74, 6) is 6.20. The molecule has 1 saturated carbocycles. The monoisotopic (exact) mass is 301 g/mol. The number of benzene rings is 1. The second-order valence-corrected chi connectivity index (χ2v) is 6.33. The molecule has 2 fully saturated rings. The summed E-state index contributed by atoms with van der Waals surface area (Å²) < 4.78 is 0. The Morgan fingerprint density at radius 2 is 1.95 bits per heavy atom. The lowest BCUT2D eigenvalue weighted by Crippen LogP contribution is -2.36. The number of imide groups is 1. The molecule has 3 nitrogen and oxygen atoms in total. The van der Waals surface area contributed by atoms with Crippen LogP contribution in [0.2, 0.25) is 5.02 Å². The number of carbonyl (C=O) groups is 2. The second kappa shape index (κ2) is 5.20. The molecular weight excluding hydrogens is 286 g/mol. The molecule has 1 unspecified atom stereocenters. The number of nitrogens with zero attached hydrogens (tertiary/aromatic N) is 1. The van der Waals surface area contributed by atoms with Crippen LogP contribution < -0.4 is 0 Å². The van der Waals surface area contributed by atoms with Crippen LogP contribution >= 0.6 is 11.6 Å². The van der Waals surface area contributed by atoms with Crippen molar-refractivity contribution < 1.29 is 9.59 Å². The van der Waals surface area contributed by atoms with E-state index in [4.69, 9.17) is 11.6 Å². The van der Waals surface area contributed by atoms with E-state index in [1.54, 1.807) is 12.1 Å². The van der Waals surface area contributed by atoms with Crippen LogP contribution in [0.4, 0.5) is 0 Å². The minimum atomic E-state index is -0.803. The van der Waals surface area contributed by atoms with Crippen LogP contribution in [0.15, 0.2) is 24.3 Å². The van der Waals surface area contributed by atoms with Crippen LogP contribution in [0.25, 0.3) is 0 Å². The summed E-state index contributed by atoms with van der Waals surface area (Å²) in [4.78, 5) is 26.0. The van der Waals surface area contributed by atoms with Gasteiger partial charge in [0.2, 0.25) is 11.8 Å². The standard InChI is InChI=1S/C17H16ClNO2/c1-17(13-6-8-14(18)9-7-13)11-15(20)19(16(17)21)10-2-3-12-4-5-12/h6-9,12H,4-5,10-11H2,1H3. The first kappa shape index (κ1) is 14.2. The van der Waals surface area contributed by atoms with E-state index in [1.807, 2.05) is 19.1 Å². The van der Waals surface area contributed by atoms with Crippen molar-refractivity contribution >= 4 is 23.4 Å². The highest BCUT2D eigenvalue weighted by molar-refractivity contribution is 6.30. The van der Waals surface area contributed by atoms with Gasteiger partial charge in [0.05, 0.1) is 12.0 Å². The molecule has 1 heterocycles. The van der Waals surface area contributed by atoms with E-state index in [-0.39, 0.29) is 24.8 Å². The largest absolute Gasteiger partial charge is 0.274 e. The number of carbonyl (C=O) groups excluding carboxylic acids is 2. The fraction of sp³-hybridized carbons (Fsp3) is 0.412. The Kier molecular flexibility index (Phi) is 3.51. The Morgan fingerprint density at radius 3 is 2.57 bits per heavy atom. The van der Waals surface area contributed by atoms with Gasteiger partial charge >= 0.3 is 0 Å². The fourth-order valence-electron chi connectivity index (χ4n) is 2.58.